The highest BCUT2D eigenvalue weighted by Gasteiger charge is 2.37. The zero-order valence-electron chi connectivity index (χ0n) is 25.3. The molecule has 4 rings (SSSR count). The molecule has 5 N–H and O–H groups in total. The normalized spacial score (nSPS) is 17.0. The Balaban J connectivity index is 1.44. The van der Waals surface area contributed by atoms with E-state index in [0.717, 1.165) is 18.0 Å². The molecule has 0 bridgehead atoms. The number of amides is 3. The Bertz CT molecular complexity index is 1430. The Kier molecular flexibility index (Phi) is 11.4. The lowest BCUT2D eigenvalue weighted by atomic mass is 9.90. The van der Waals surface area contributed by atoms with Crippen LogP contribution in [0.25, 0.3) is 0 Å². The van der Waals surface area contributed by atoms with Crippen molar-refractivity contribution in [1.29, 1.82) is 0 Å². The van der Waals surface area contributed by atoms with Gasteiger partial charge in [-0.1, -0.05) is 29.8 Å². The van der Waals surface area contributed by atoms with Gasteiger partial charge in [-0.2, -0.15) is 13.2 Å². The molecular formula is C32H39ClF3N5O5. The first kappa shape index (κ1) is 34.9. The summed E-state index contributed by atoms with van der Waals surface area (Å²) in [6.07, 6.45) is -2.29. The number of piperidine rings is 2. The SMILES string of the molecule is Nc1ccccc1CCN(C=O)C1CCN(C(=O)C[C@H](Cc2cc(Cl)c(N)c(C(F)(F)F)c2)C(=O)N2CCC(C(=O)O)CC2)CC1. The number of para-hydroxylation sites is 1. The number of aliphatic carboxylic acids is 1. The van der Waals surface area contributed by atoms with Crippen molar-refractivity contribution in [2.24, 2.45) is 11.8 Å². The van der Waals surface area contributed by atoms with Crippen LogP contribution in [0.4, 0.5) is 24.5 Å². The highest BCUT2D eigenvalue weighted by atomic mass is 35.5. The van der Waals surface area contributed by atoms with Gasteiger partial charge >= 0.3 is 12.1 Å². The van der Waals surface area contributed by atoms with Crippen molar-refractivity contribution < 1.29 is 37.5 Å². The maximum Gasteiger partial charge on any atom is 0.418 e. The molecule has 250 valence electrons. The Labute approximate surface area is 270 Å². The molecule has 0 aromatic heterocycles. The van der Waals surface area contributed by atoms with Gasteiger partial charge < -0.3 is 31.3 Å². The van der Waals surface area contributed by atoms with Crippen molar-refractivity contribution in [2.45, 2.75) is 57.2 Å². The number of rotatable bonds is 11. The first-order valence-electron chi connectivity index (χ1n) is 15.3. The number of likely N-dealkylation sites (tertiary alicyclic amines) is 2. The Morgan fingerprint density at radius 1 is 1.02 bits per heavy atom. The fraction of sp³-hybridized carbons (Fsp3) is 0.500. The quantitative estimate of drug-likeness (QED) is 0.242. The second kappa shape index (κ2) is 15.1. The number of carbonyl (C=O) groups is 4. The molecule has 2 aromatic carbocycles. The van der Waals surface area contributed by atoms with Crippen LogP contribution in [0, 0.1) is 11.8 Å². The van der Waals surface area contributed by atoms with E-state index >= 15 is 0 Å². The van der Waals surface area contributed by atoms with Gasteiger partial charge in [0.1, 0.15) is 0 Å². The van der Waals surface area contributed by atoms with E-state index in [-0.39, 0.29) is 61.3 Å². The number of alkyl halides is 3. The van der Waals surface area contributed by atoms with E-state index in [9.17, 15) is 37.5 Å². The van der Waals surface area contributed by atoms with Gasteiger partial charge in [0.05, 0.1) is 28.1 Å². The molecule has 46 heavy (non-hydrogen) atoms. The number of nitrogens with two attached hydrogens (primary N) is 2. The zero-order chi connectivity index (χ0) is 33.6. The molecule has 3 amide bonds. The highest BCUT2D eigenvalue weighted by Crippen LogP contribution is 2.38. The lowest BCUT2D eigenvalue weighted by Crippen LogP contribution is -2.48. The third-order valence-electron chi connectivity index (χ3n) is 9.02. The van der Waals surface area contributed by atoms with Gasteiger partial charge in [0.25, 0.3) is 0 Å². The standard InChI is InChI=1S/C32H39ClF3N5O5/c33-26-17-20(16-25(29(26)38)32(34,35)36)15-23(30(44)40-10-6-22(7-11-40)31(45)46)18-28(43)39-13-8-24(9-14-39)41(19-42)12-5-21-3-1-2-4-27(21)37/h1-4,16-17,19,22-24H,5-15,18,37-38H2,(H,45,46)/t23-/m0/s1. The number of anilines is 2. The van der Waals surface area contributed by atoms with E-state index in [1.165, 1.54) is 11.0 Å². The average Bonchev–Trinajstić information content (AvgIpc) is 3.02. The lowest BCUT2D eigenvalue weighted by Gasteiger charge is -2.38. The van der Waals surface area contributed by atoms with E-state index in [2.05, 4.69) is 0 Å². The van der Waals surface area contributed by atoms with Crippen LogP contribution in [-0.2, 0) is 38.2 Å². The smallest absolute Gasteiger partial charge is 0.418 e. The Morgan fingerprint density at radius 2 is 1.65 bits per heavy atom. The van der Waals surface area contributed by atoms with Gasteiger partial charge in [-0.05, 0) is 67.9 Å². The summed E-state index contributed by atoms with van der Waals surface area (Å²) in [4.78, 5) is 55.3. The van der Waals surface area contributed by atoms with Crippen molar-refractivity contribution in [1.82, 2.24) is 14.7 Å². The number of carboxylic acids is 1. The van der Waals surface area contributed by atoms with E-state index in [4.69, 9.17) is 23.1 Å². The molecular weight excluding hydrogens is 627 g/mol. The molecule has 10 nitrogen and oxygen atoms in total. The molecule has 2 aliphatic rings. The summed E-state index contributed by atoms with van der Waals surface area (Å²) in [5.74, 6) is -3.30. The van der Waals surface area contributed by atoms with Crippen molar-refractivity contribution >= 4 is 47.2 Å². The van der Waals surface area contributed by atoms with Gasteiger partial charge in [-0.15, -0.1) is 0 Å². The molecule has 2 aromatic rings. The van der Waals surface area contributed by atoms with Crippen LogP contribution in [-0.4, -0.2) is 82.8 Å². The van der Waals surface area contributed by atoms with Gasteiger partial charge in [0, 0.05) is 50.9 Å². The van der Waals surface area contributed by atoms with E-state index in [1.54, 1.807) is 15.9 Å². The van der Waals surface area contributed by atoms with E-state index in [1.807, 2.05) is 18.2 Å². The number of hydrogen-bond acceptors (Lipinski definition) is 6. The third kappa shape index (κ3) is 8.62. The second-order valence-corrected chi connectivity index (χ2v) is 12.4. The van der Waals surface area contributed by atoms with Crippen LogP contribution in [0.5, 0.6) is 0 Å². The monoisotopic (exact) mass is 665 g/mol. The van der Waals surface area contributed by atoms with Crippen LogP contribution in [0.2, 0.25) is 5.02 Å². The van der Waals surface area contributed by atoms with Crippen molar-refractivity contribution in [3.8, 4) is 0 Å². The molecule has 1 atom stereocenters. The van der Waals surface area contributed by atoms with Gasteiger partial charge in [0.2, 0.25) is 18.2 Å². The fourth-order valence-electron chi connectivity index (χ4n) is 6.28. The number of nitrogen functional groups attached to an aromatic ring is 2. The summed E-state index contributed by atoms with van der Waals surface area (Å²) in [6.45, 7) is 1.49. The number of halogens is 4. The Hall–Kier alpha value is -4.00. The molecule has 14 heteroatoms. The maximum atomic E-state index is 13.7. The zero-order valence-corrected chi connectivity index (χ0v) is 26.1. The topological polar surface area (TPSA) is 150 Å². The number of carbonyl (C=O) groups excluding carboxylic acids is 3. The maximum absolute atomic E-state index is 13.7. The largest absolute Gasteiger partial charge is 0.481 e. The predicted octanol–water partition coefficient (Wildman–Crippen LogP) is 4.09. The molecule has 0 radical (unpaired) electrons. The predicted molar refractivity (Wildman–Crippen MR) is 167 cm³/mol. The summed E-state index contributed by atoms with van der Waals surface area (Å²) in [5, 5.41) is 9.03. The van der Waals surface area contributed by atoms with Gasteiger partial charge in [-0.25, -0.2) is 0 Å². The van der Waals surface area contributed by atoms with Crippen molar-refractivity contribution in [3.05, 3.63) is 58.1 Å². The molecule has 0 unspecified atom stereocenters. The number of nitrogens with zero attached hydrogens (tertiary/aromatic N) is 3. The third-order valence-corrected chi connectivity index (χ3v) is 9.33. The molecule has 0 saturated carbocycles. The van der Waals surface area contributed by atoms with Crippen LogP contribution >= 0.6 is 11.6 Å². The highest BCUT2D eigenvalue weighted by molar-refractivity contribution is 6.33. The fourth-order valence-corrected chi connectivity index (χ4v) is 6.52. The molecule has 0 spiro atoms. The van der Waals surface area contributed by atoms with Crippen LogP contribution in [0.3, 0.4) is 0 Å². The van der Waals surface area contributed by atoms with Crippen LogP contribution < -0.4 is 11.5 Å². The summed E-state index contributed by atoms with van der Waals surface area (Å²) in [5.41, 5.74) is 11.6. The van der Waals surface area contributed by atoms with Crippen molar-refractivity contribution in [3.63, 3.8) is 0 Å². The molecule has 2 aliphatic heterocycles. The lowest BCUT2D eigenvalue weighted by molar-refractivity contribution is -0.147. The minimum Gasteiger partial charge on any atom is -0.481 e. The minimum atomic E-state index is -4.77. The van der Waals surface area contributed by atoms with Crippen LogP contribution in [0.15, 0.2) is 36.4 Å². The first-order valence-corrected chi connectivity index (χ1v) is 15.6. The van der Waals surface area contributed by atoms with Gasteiger partial charge in [-0.3, -0.25) is 19.2 Å². The summed E-state index contributed by atoms with van der Waals surface area (Å²) < 4.78 is 41.0. The van der Waals surface area contributed by atoms with E-state index < -0.39 is 41.1 Å². The first-order chi connectivity index (χ1) is 21.8. The summed E-state index contributed by atoms with van der Waals surface area (Å²) in [7, 11) is 0. The van der Waals surface area contributed by atoms with Gasteiger partial charge in [0.15, 0.2) is 0 Å². The number of benzene rings is 2. The molecule has 2 saturated heterocycles. The second-order valence-electron chi connectivity index (χ2n) is 12.0. The van der Waals surface area contributed by atoms with Crippen LogP contribution in [0.1, 0.15) is 48.8 Å². The number of hydrogen-bond donors (Lipinski definition) is 3. The average molecular weight is 666 g/mol. The molecule has 2 fully saturated rings. The van der Waals surface area contributed by atoms with E-state index in [0.29, 0.717) is 44.6 Å². The minimum absolute atomic E-state index is 0.0860. The van der Waals surface area contributed by atoms with Crippen molar-refractivity contribution in [2.75, 3.05) is 44.2 Å². The number of carboxylic acid groups (broad SMARTS) is 1. The summed E-state index contributed by atoms with van der Waals surface area (Å²) in [6, 6.07) is 9.48. The molecule has 2 heterocycles. The Morgan fingerprint density at radius 3 is 2.24 bits per heavy atom. The molecule has 0 aliphatic carbocycles. The summed E-state index contributed by atoms with van der Waals surface area (Å²) >= 11 is 6.04.